The summed E-state index contributed by atoms with van der Waals surface area (Å²) in [4.78, 5) is 0. The van der Waals surface area contributed by atoms with E-state index in [0.29, 0.717) is 6.04 Å². The van der Waals surface area contributed by atoms with Crippen LogP contribution >= 0.6 is 0 Å². The number of hydrogen-bond donors (Lipinski definition) is 1. The van der Waals surface area contributed by atoms with Crippen LogP contribution in [0.2, 0.25) is 0 Å². The molecule has 0 aliphatic heterocycles. The van der Waals surface area contributed by atoms with E-state index < -0.39 is 0 Å². The summed E-state index contributed by atoms with van der Waals surface area (Å²) in [7, 11) is 0. The van der Waals surface area contributed by atoms with Crippen molar-refractivity contribution in [3.63, 3.8) is 0 Å². The topological polar surface area (TPSA) is 12.0 Å². The standard InChI is InChI=1S/C15H23N/c1-3-8-14(13-9-6-5-7-10-13)16-15-11-12(15)4-2/h5-7,9-10,12,14-16H,3-4,8,11H2,1-2H3. The van der Waals surface area contributed by atoms with Crippen molar-refractivity contribution in [1.29, 1.82) is 0 Å². The Morgan fingerprint density at radius 2 is 2.00 bits per heavy atom. The summed E-state index contributed by atoms with van der Waals surface area (Å²) in [6.45, 7) is 4.56. The third-order valence-electron chi connectivity index (χ3n) is 3.64. The molecule has 1 N–H and O–H groups in total. The first-order valence-corrected chi connectivity index (χ1v) is 6.66. The zero-order valence-electron chi connectivity index (χ0n) is 10.4. The van der Waals surface area contributed by atoms with Crippen LogP contribution < -0.4 is 5.32 Å². The normalized spacial score (nSPS) is 25.4. The lowest BCUT2D eigenvalue weighted by Crippen LogP contribution is -2.24. The molecule has 0 aromatic heterocycles. The van der Waals surface area contributed by atoms with Gasteiger partial charge in [0.2, 0.25) is 0 Å². The van der Waals surface area contributed by atoms with Crippen LogP contribution in [-0.4, -0.2) is 6.04 Å². The van der Waals surface area contributed by atoms with Crippen LogP contribution in [0.4, 0.5) is 0 Å². The molecule has 1 fully saturated rings. The highest BCUT2D eigenvalue weighted by molar-refractivity contribution is 5.19. The summed E-state index contributed by atoms with van der Waals surface area (Å²) in [5, 5.41) is 3.81. The van der Waals surface area contributed by atoms with Crippen LogP contribution in [0.3, 0.4) is 0 Å². The fraction of sp³-hybridized carbons (Fsp3) is 0.600. The lowest BCUT2D eigenvalue weighted by atomic mass is 10.0. The van der Waals surface area contributed by atoms with Gasteiger partial charge in [-0.2, -0.15) is 0 Å². The molecule has 16 heavy (non-hydrogen) atoms. The Labute approximate surface area is 99.3 Å². The third-order valence-corrected chi connectivity index (χ3v) is 3.64. The predicted molar refractivity (Wildman–Crippen MR) is 69.4 cm³/mol. The van der Waals surface area contributed by atoms with Gasteiger partial charge >= 0.3 is 0 Å². The molecule has 3 atom stereocenters. The fourth-order valence-corrected chi connectivity index (χ4v) is 2.48. The number of hydrogen-bond acceptors (Lipinski definition) is 1. The molecule has 0 radical (unpaired) electrons. The molecule has 1 aliphatic rings. The summed E-state index contributed by atoms with van der Waals surface area (Å²) in [5.41, 5.74) is 1.45. The van der Waals surface area contributed by atoms with Crippen molar-refractivity contribution in [1.82, 2.24) is 5.32 Å². The van der Waals surface area contributed by atoms with E-state index in [2.05, 4.69) is 49.5 Å². The Morgan fingerprint density at radius 3 is 2.56 bits per heavy atom. The van der Waals surface area contributed by atoms with E-state index in [1.54, 1.807) is 0 Å². The van der Waals surface area contributed by atoms with Crippen molar-refractivity contribution in [2.45, 2.75) is 51.6 Å². The molecule has 1 aromatic rings. The number of benzene rings is 1. The zero-order chi connectivity index (χ0) is 11.4. The van der Waals surface area contributed by atoms with E-state index in [9.17, 15) is 0 Å². The maximum atomic E-state index is 3.81. The molecule has 88 valence electrons. The van der Waals surface area contributed by atoms with Crippen molar-refractivity contribution >= 4 is 0 Å². The van der Waals surface area contributed by atoms with Crippen molar-refractivity contribution in [2.24, 2.45) is 5.92 Å². The van der Waals surface area contributed by atoms with Gasteiger partial charge in [-0.05, 0) is 24.3 Å². The molecule has 1 heteroatoms. The minimum atomic E-state index is 0.563. The van der Waals surface area contributed by atoms with Gasteiger partial charge in [-0.15, -0.1) is 0 Å². The van der Waals surface area contributed by atoms with Gasteiger partial charge in [0.25, 0.3) is 0 Å². The third kappa shape index (κ3) is 2.85. The predicted octanol–water partition coefficient (Wildman–Crippen LogP) is 3.92. The molecule has 3 unspecified atom stereocenters. The van der Waals surface area contributed by atoms with Gasteiger partial charge in [-0.1, -0.05) is 57.0 Å². The Bertz CT molecular complexity index is 306. The fourth-order valence-electron chi connectivity index (χ4n) is 2.48. The molecule has 2 rings (SSSR count). The summed E-state index contributed by atoms with van der Waals surface area (Å²) in [6, 6.07) is 12.2. The van der Waals surface area contributed by atoms with E-state index >= 15 is 0 Å². The smallest absolute Gasteiger partial charge is 0.0322 e. The van der Waals surface area contributed by atoms with Crippen LogP contribution in [0, 0.1) is 5.92 Å². The van der Waals surface area contributed by atoms with Gasteiger partial charge in [0.15, 0.2) is 0 Å². The van der Waals surface area contributed by atoms with Crippen LogP contribution in [0.15, 0.2) is 30.3 Å². The van der Waals surface area contributed by atoms with Gasteiger partial charge < -0.3 is 5.32 Å². The van der Waals surface area contributed by atoms with Crippen molar-refractivity contribution < 1.29 is 0 Å². The number of nitrogens with one attached hydrogen (secondary N) is 1. The van der Waals surface area contributed by atoms with Crippen LogP contribution in [0.25, 0.3) is 0 Å². The van der Waals surface area contributed by atoms with E-state index in [1.807, 2.05) is 0 Å². The summed E-state index contributed by atoms with van der Waals surface area (Å²) in [5.74, 6) is 0.933. The molecule has 0 saturated heterocycles. The Kier molecular flexibility index (Phi) is 4.00. The highest BCUT2D eigenvalue weighted by Crippen LogP contribution is 2.35. The maximum absolute atomic E-state index is 3.81. The second-order valence-electron chi connectivity index (χ2n) is 4.93. The van der Waals surface area contributed by atoms with Gasteiger partial charge in [-0.3, -0.25) is 0 Å². The first-order chi connectivity index (χ1) is 7.85. The lowest BCUT2D eigenvalue weighted by molar-refractivity contribution is 0.474. The van der Waals surface area contributed by atoms with Gasteiger partial charge in [0.1, 0.15) is 0 Å². The molecule has 0 spiro atoms. The molecule has 0 amide bonds. The second kappa shape index (κ2) is 5.49. The lowest BCUT2D eigenvalue weighted by Gasteiger charge is -2.18. The van der Waals surface area contributed by atoms with E-state index in [0.717, 1.165) is 12.0 Å². The summed E-state index contributed by atoms with van der Waals surface area (Å²) in [6.07, 6.45) is 5.20. The molecule has 0 bridgehead atoms. The largest absolute Gasteiger partial charge is 0.307 e. The quantitative estimate of drug-likeness (QED) is 0.761. The Balaban J connectivity index is 1.95. The molecular weight excluding hydrogens is 194 g/mol. The second-order valence-corrected chi connectivity index (χ2v) is 4.93. The SMILES string of the molecule is CCCC(NC1CC1CC)c1ccccc1. The van der Waals surface area contributed by atoms with Crippen molar-refractivity contribution in [3.05, 3.63) is 35.9 Å². The van der Waals surface area contributed by atoms with E-state index in [-0.39, 0.29) is 0 Å². The monoisotopic (exact) mass is 217 g/mol. The molecular formula is C15H23N. The molecule has 1 saturated carbocycles. The molecule has 1 aliphatic carbocycles. The average Bonchev–Trinajstić information content (AvgIpc) is 3.08. The zero-order valence-corrected chi connectivity index (χ0v) is 10.4. The van der Waals surface area contributed by atoms with Crippen molar-refractivity contribution in [3.8, 4) is 0 Å². The van der Waals surface area contributed by atoms with Crippen LogP contribution in [0.1, 0.15) is 51.1 Å². The van der Waals surface area contributed by atoms with Crippen LogP contribution in [0.5, 0.6) is 0 Å². The summed E-state index contributed by atoms with van der Waals surface area (Å²) >= 11 is 0. The van der Waals surface area contributed by atoms with E-state index in [1.165, 1.54) is 31.2 Å². The van der Waals surface area contributed by atoms with Gasteiger partial charge in [0, 0.05) is 12.1 Å². The maximum Gasteiger partial charge on any atom is 0.0322 e. The minimum Gasteiger partial charge on any atom is -0.307 e. The highest BCUT2D eigenvalue weighted by atomic mass is 15.0. The minimum absolute atomic E-state index is 0.563. The van der Waals surface area contributed by atoms with Crippen LogP contribution in [-0.2, 0) is 0 Å². The molecule has 1 nitrogen and oxygen atoms in total. The average molecular weight is 217 g/mol. The molecule has 1 aromatic carbocycles. The summed E-state index contributed by atoms with van der Waals surface area (Å²) < 4.78 is 0. The van der Waals surface area contributed by atoms with E-state index in [4.69, 9.17) is 0 Å². The van der Waals surface area contributed by atoms with Gasteiger partial charge in [0.05, 0.1) is 0 Å². The van der Waals surface area contributed by atoms with Gasteiger partial charge in [-0.25, -0.2) is 0 Å². The Morgan fingerprint density at radius 1 is 1.25 bits per heavy atom. The number of rotatable bonds is 6. The highest BCUT2D eigenvalue weighted by Gasteiger charge is 2.36. The first kappa shape index (κ1) is 11.7. The Hall–Kier alpha value is -0.820. The first-order valence-electron chi connectivity index (χ1n) is 6.66. The molecule has 0 heterocycles. The van der Waals surface area contributed by atoms with Crippen molar-refractivity contribution in [2.75, 3.05) is 0 Å².